The molecule has 1 aromatic rings. The van der Waals surface area contributed by atoms with Gasteiger partial charge in [0.05, 0.1) is 5.54 Å². The molecule has 0 radical (unpaired) electrons. The molecule has 6 nitrogen and oxygen atoms in total. The van der Waals surface area contributed by atoms with E-state index in [0.29, 0.717) is 18.8 Å². The van der Waals surface area contributed by atoms with Crippen LogP contribution in [0.25, 0.3) is 0 Å². The summed E-state index contributed by atoms with van der Waals surface area (Å²) in [6, 6.07) is 1.54. The molecule has 1 aliphatic rings. The zero-order valence-corrected chi connectivity index (χ0v) is 12.3. The lowest BCUT2D eigenvalue weighted by molar-refractivity contribution is -0.147. The molecule has 0 saturated carbocycles. The SMILES string of the molecule is Cc1oc(C(=O)O)cc1CN1CCN(C)C(=O)C1(C)C. The van der Waals surface area contributed by atoms with Gasteiger partial charge in [-0.15, -0.1) is 0 Å². The van der Waals surface area contributed by atoms with Crippen LogP contribution in [0, 0.1) is 6.92 Å². The van der Waals surface area contributed by atoms with Gasteiger partial charge in [0.2, 0.25) is 11.7 Å². The summed E-state index contributed by atoms with van der Waals surface area (Å²) in [5.74, 6) is -0.475. The van der Waals surface area contributed by atoms with Crippen LogP contribution >= 0.6 is 0 Å². The number of aromatic carboxylic acids is 1. The Hall–Kier alpha value is -1.82. The van der Waals surface area contributed by atoms with Crippen molar-refractivity contribution in [3.63, 3.8) is 0 Å². The number of aryl methyl sites for hydroxylation is 1. The van der Waals surface area contributed by atoms with E-state index >= 15 is 0 Å². The van der Waals surface area contributed by atoms with E-state index < -0.39 is 11.5 Å². The van der Waals surface area contributed by atoms with E-state index in [-0.39, 0.29) is 11.7 Å². The van der Waals surface area contributed by atoms with Gasteiger partial charge in [0.25, 0.3) is 0 Å². The fourth-order valence-corrected chi connectivity index (χ4v) is 2.52. The van der Waals surface area contributed by atoms with Gasteiger partial charge in [0, 0.05) is 32.2 Å². The lowest BCUT2D eigenvalue weighted by atomic mass is 9.97. The fourth-order valence-electron chi connectivity index (χ4n) is 2.52. The third kappa shape index (κ3) is 2.43. The smallest absolute Gasteiger partial charge is 0.371 e. The summed E-state index contributed by atoms with van der Waals surface area (Å²) in [5, 5.41) is 8.94. The summed E-state index contributed by atoms with van der Waals surface area (Å²) in [4.78, 5) is 26.9. The Morgan fingerprint density at radius 3 is 2.65 bits per heavy atom. The van der Waals surface area contributed by atoms with Crippen LogP contribution in [0.1, 0.15) is 35.7 Å². The number of piperazine rings is 1. The first-order valence-corrected chi connectivity index (χ1v) is 6.56. The van der Waals surface area contributed by atoms with E-state index in [1.54, 1.807) is 18.9 Å². The van der Waals surface area contributed by atoms with Gasteiger partial charge in [-0.2, -0.15) is 0 Å². The third-order valence-corrected chi connectivity index (χ3v) is 3.96. The van der Waals surface area contributed by atoms with E-state index in [1.165, 1.54) is 6.07 Å². The molecule has 1 fully saturated rings. The second-order valence-corrected chi connectivity index (χ2v) is 5.70. The quantitative estimate of drug-likeness (QED) is 0.904. The number of carboxylic acid groups (broad SMARTS) is 1. The average molecular weight is 280 g/mol. The molecular formula is C14H20N2O4. The number of likely N-dealkylation sites (N-methyl/N-ethyl adjacent to an activating group) is 1. The van der Waals surface area contributed by atoms with Gasteiger partial charge in [-0.3, -0.25) is 9.69 Å². The van der Waals surface area contributed by atoms with E-state index in [9.17, 15) is 9.59 Å². The number of nitrogens with zero attached hydrogens (tertiary/aromatic N) is 2. The van der Waals surface area contributed by atoms with Gasteiger partial charge in [-0.05, 0) is 26.8 Å². The maximum absolute atomic E-state index is 12.2. The molecule has 0 aromatic carbocycles. The highest BCUT2D eigenvalue weighted by molar-refractivity contribution is 5.86. The molecule has 1 saturated heterocycles. The van der Waals surface area contributed by atoms with Gasteiger partial charge >= 0.3 is 5.97 Å². The van der Waals surface area contributed by atoms with Crippen molar-refractivity contribution in [2.75, 3.05) is 20.1 Å². The Labute approximate surface area is 118 Å². The molecule has 2 heterocycles. The molecule has 1 amide bonds. The standard InChI is InChI=1S/C14H20N2O4/c1-9-10(7-11(20-9)12(17)18)8-16-6-5-15(4)13(19)14(16,2)3/h7H,5-6,8H2,1-4H3,(H,17,18). The number of hydrogen-bond acceptors (Lipinski definition) is 4. The first-order chi connectivity index (χ1) is 9.23. The van der Waals surface area contributed by atoms with Gasteiger partial charge in [-0.1, -0.05) is 0 Å². The lowest BCUT2D eigenvalue weighted by Gasteiger charge is -2.44. The van der Waals surface area contributed by atoms with Crippen molar-refractivity contribution >= 4 is 11.9 Å². The number of rotatable bonds is 3. The normalized spacial score (nSPS) is 19.4. The molecule has 0 atom stereocenters. The highest BCUT2D eigenvalue weighted by atomic mass is 16.4. The number of carboxylic acids is 1. The molecule has 0 spiro atoms. The van der Waals surface area contributed by atoms with E-state index in [0.717, 1.165) is 12.1 Å². The van der Waals surface area contributed by atoms with Crippen LogP contribution in [0.4, 0.5) is 0 Å². The Balaban J connectivity index is 2.21. The number of amides is 1. The predicted molar refractivity (Wildman–Crippen MR) is 72.5 cm³/mol. The van der Waals surface area contributed by atoms with Crippen LogP contribution in [0.5, 0.6) is 0 Å². The van der Waals surface area contributed by atoms with Crippen molar-refractivity contribution in [1.29, 1.82) is 0 Å². The maximum atomic E-state index is 12.2. The Kier molecular flexibility index (Phi) is 3.60. The monoisotopic (exact) mass is 280 g/mol. The zero-order chi connectivity index (χ0) is 15.1. The fraction of sp³-hybridized carbons (Fsp3) is 0.571. The topological polar surface area (TPSA) is 74.0 Å². The Morgan fingerprint density at radius 1 is 1.45 bits per heavy atom. The van der Waals surface area contributed by atoms with Crippen LogP contribution in [0.3, 0.4) is 0 Å². The molecule has 0 aliphatic carbocycles. The molecule has 20 heavy (non-hydrogen) atoms. The molecule has 6 heteroatoms. The van der Waals surface area contributed by atoms with Crippen molar-refractivity contribution < 1.29 is 19.1 Å². The maximum Gasteiger partial charge on any atom is 0.371 e. The molecular weight excluding hydrogens is 260 g/mol. The van der Waals surface area contributed by atoms with Crippen molar-refractivity contribution in [1.82, 2.24) is 9.80 Å². The summed E-state index contributed by atoms with van der Waals surface area (Å²) < 4.78 is 5.21. The molecule has 0 unspecified atom stereocenters. The summed E-state index contributed by atoms with van der Waals surface area (Å²) in [7, 11) is 1.80. The van der Waals surface area contributed by atoms with Gasteiger partial charge in [0.1, 0.15) is 5.76 Å². The summed E-state index contributed by atoms with van der Waals surface area (Å²) in [5.41, 5.74) is 0.216. The molecule has 2 rings (SSSR count). The van der Waals surface area contributed by atoms with Crippen LogP contribution in [-0.4, -0.2) is 52.5 Å². The van der Waals surface area contributed by atoms with Gasteiger partial charge in [0.15, 0.2) is 0 Å². The lowest BCUT2D eigenvalue weighted by Crippen LogP contribution is -2.61. The largest absolute Gasteiger partial charge is 0.475 e. The molecule has 1 aliphatic heterocycles. The molecule has 110 valence electrons. The highest BCUT2D eigenvalue weighted by Crippen LogP contribution is 2.26. The minimum absolute atomic E-state index is 0.0595. The number of carbonyl (C=O) groups excluding carboxylic acids is 1. The average Bonchev–Trinajstić information content (AvgIpc) is 2.73. The summed E-state index contributed by atoms with van der Waals surface area (Å²) in [6.45, 7) is 7.45. The second kappa shape index (κ2) is 4.94. The molecule has 0 bridgehead atoms. The van der Waals surface area contributed by atoms with Crippen molar-refractivity contribution in [2.24, 2.45) is 0 Å². The minimum Gasteiger partial charge on any atom is -0.475 e. The third-order valence-electron chi connectivity index (χ3n) is 3.96. The van der Waals surface area contributed by atoms with Crippen LogP contribution in [0.15, 0.2) is 10.5 Å². The highest BCUT2D eigenvalue weighted by Gasteiger charge is 2.40. The zero-order valence-electron chi connectivity index (χ0n) is 12.3. The van der Waals surface area contributed by atoms with Crippen LogP contribution < -0.4 is 0 Å². The van der Waals surface area contributed by atoms with E-state index in [4.69, 9.17) is 9.52 Å². The summed E-state index contributed by atoms with van der Waals surface area (Å²) >= 11 is 0. The minimum atomic E-state index is -1.08. The van der Waals surface area contributed by atoms with Crippen molar-refractivity contribution in [2.45, 2.75) is 32.9 Å². The number of carbonyl (C=O) groups is 2. The number of furan rings is 1. The van der Waals surface area contributed by atoms with E-state index in [1.807, 2.05) is 13.8 Å². The van der Waals surface area contributed by atoms with Gasteiger partial charge in [-0.25, -0.2) is 4.79 Å². The Bertz CT molecular complexity index is 547. The molecule has 1 aromatic heterocycles. The van der Waals surface area contributed by atoms with Crippen molar-refractivity contribution in [3.8, 4) is 0 Å². The first-order valence-electron chi connectivity index (χ1n) is 6.56. The summed E-state index contributed by atoms with van der Waals surface area (Å²) in [6.07, 6.45) is 0. The number of hydrogen-bond donors (Lipinski definition) is 1. The predicted octanol–water partition coefficient (Wildman–Crippen LogP) is 1.34. The molecule has 1 N–H and O–H groups in total. The van der Waals surface area contributed by atoms with Crippen LogP contribution in [0.2, 0.25) is 0 Å². The Morgan fingerprint density at radius 2 is 2.10 bits per heavy atom. The van der Waals surface area contributed by atoms with Gasteiger partial charge < -0.3 is 14.4 Å². The van der Waals surface area contributed by atoms with Crippen LogP contribution in [-0.2, 0) is 11.3 Å². The second-order valence-electron chi connectivity index (χ2n) is 5.70. The first kappa shape index (κ1) is 14.6. The van der Waals surface area contributed by atoms with E-state index in [2.05, 4.69) is 4.90 Å². The van der Waals surface area contributed by atoms with Crippen molar-refractivity contribution in [3.05, 3.63) is 23.2 Å².